The maximum absolute atomic E-state index is 8.21. The Morgan fingerprint density at radius 2 is 1.30 bits per heavy atom. The molecular formula is C28H27N5. The summed E-state index contributed by atoms with van der Waals surface area (Å²) < 4.78 is 0. The number of benzene rings is 4. The molecule has 164 valence electrons. The van der Waals surface area contributed by atoms with Gasteiger partial charge in [0, 0.05) is 19.2 Å². The van der Waals surface area contributed by atoms with E-state index in [9.17, 15) is 0 Å². The lowest BCUT2D eigenvalue weighted by molar-refractivity contribution is 0.279. The van der Waals surface area contributed by atoms with Gasteiger partial charge in [0.05, 0.1) is 6.21 Å². The van der Waals surface area contributed by atoms with Gasteiger partial charge in [-0.2, -0.15) is 5.10 Å². The van der Waals surface area contributed by atoms with Gasteiger partial charge >= 0.3 is 0 Å². The van der Waals surface area contributed by atoms with Gasteiger partial charge in [-0.15, -0.1) is 0 Å². The lowest BCUT2D eigenvalue weighted by atomic mass is 10.00. The Balaban J connectivity index is 1.37. The van der Waals surface area contributed by atoms with Crippen LogP contribution in [0.25, 0.3) is 22.3 Å². The molecular weight excluding hydrogens is 406 g/mol. The van der Waals surface area contributed by atoms with Crippen LogP contribution in [0.3, 0.4) is 0 Å². The number of hydrazine groups is 1. The Hall–Kier alpha value is -4.22. The van der Waals surface area contributed by atoms with Crippen molar-refractivity contribution in [3.8, 4) is 22.3 Å². The van der Waals surface area contributed by atoms with E-state index in [1.165, 1.54) is 16.7 Å². The van der Waals surface area contributed by atoms with E-state index < -0.39 is 0 Å². The number of hydrogen-bond donors (Lipinski definition) is 3. The van der Waals surface area contributed by atoms with E-state index >= 15 is 0 Å². The molecule has 5 nitrogen and oxygen atoms in total. The van der Waals surface area contributed by atoms with Crippen LogP contribution in [-0.2, 0) is 6.54 Å². The molecule has 0 heterocycles. The average molecular weight is 434 g/mol. The Morgan fingerprint density at radius 3 is 2.00 bits per heavy atom. The molecule has 0 bridgehead atoms. The van der Waals surface area contributed by atoms with Crippen LogP contribution >= 0.6 is 0 Å². The first-order valence-electron chi connectivity index (χ1n) is 10.8. The van der Waals surface area contributed by atoms with Crippen molar-refractivity contribution in [2.75, 3.05) is 7.05 Å². The summed E-state index contributed by atoms with van der Waals surface area (Å²) in [6.45, 7) is 0.635. The highest BCUT2D eigenvalue weighted by atomic mass is 15.6. The SMILES string of the molecule is CN(Cc1ccccc1-c1ccccc1)NC(=N)N/N=C/c1ccccc1-c1ccccc1. The predicted octanol–water partition coefficient (Wildman–Crippen LogP) is 5.52. The molecule has 0 aliphatic rings. The number of guanidine groups is 1. The fourth-order valence-corrected chi connectivity index (χ4v) is 3.72. The fourth-order valence-electron chi connectivity index (χ4n) is 3.72. The molecule has 0 unspecified atom stereocenters. The molecule has 0 aromatic heterocycles. The van der Waals surface area contributed by atoms with Crippen molar-refractivity contribution in [1.82, 2.24) is 15.9 Å². The molecule has 0 saturated carbocycles. The van der Waals surface area contributed by atoms with E-state index in [2.05, 4.69) is 58.4 Å². The Morgan fingerprint density at radius 1 is 0.758 bits per heavy atom. The highest BCUT2D eigenvalue weighted by Crippen LogP contribution is 2.24. The van der Waals surface area contributed by atoms with Crippen LogP contribution in [0.2, 0.25) is 0 Å². The Labute approximate surface area is 194 Å². The van der Waals surface area contributed by atoms with Crippen molar-refractivity contribution in [3.63, 3.8) is 0 Å². The third-order valence-corrected chi connectivity index (χ3v) is 5.24. The maximum atomic E-state index is 8.21. The van der Waals surface area contributed by atoms with Crippen molar-refractivity contribution in [2.45, 2.75) is 6.54 Å². The summed E-state index contributed by atoms with van der Waals surface area (Å²) in [5.41, 5.74) is 12.5. The van der Waals surface area contributed by atoms with Gasteiger partial charge < -0.3 is 0 Å². The molecule has 0 aliphatic carbocycles. The second kappa shape index (κ2) is 10.9. The minimum Gasteiger partial charge on any atom is -0.288 e. The number of rotatable bonds is 7. The number of nitrogens with one attached hydrogen (secondary N) is 3. The molecule has 0 atom stereocenters. The van der Waals surface area contributed by atoms with Crippen molar-refractivity contribution in [2.24, 2.45) is 5.10 Å². The zero-order chi connectivity index (χ0) is 22.9. The Kier molecular flexibility index (Phi) is 7.25. The standard InChI is InChI=1S/C28H27N5/c1-33(21-25-17-9-11-19-27(25)23-14-6-3-7-15-23)32-28(29)31-30-20-24-16-8-10-18-26(24)22-12-4-2-5-13-22/h2-20H,21H2,1H3,(H3,29,31,32)/b30-20+. The predicted molar refractivity (Wildman–Crippen MR) is 137 cm³/mol. The molecule has 5 heteroatoms. The lowest BCUT2D eigenvalue weighted by Gasteiger charge is -2.21. The van der Waals surface area contributed by atoms with E-state index in [4.69, 9.17) is 5.41 Å². The van der Waals surface area contributed by atoms with E-state index in [-0.39, 0.29) is 5.96 Å². The van der Waals surface area contributed by atoms with E-state index in [1.54, 1.807) is 6.21 Å². The van der Waals surface area contributed by atoms with Gasteiger partial charge in [-0.05, 0) is 27.8 Å². The van der Waals surface area contributed by atoms with Gasteiger partial charge in [-0.25, -0.2) is 10.4 Å². The maximum Gasteiger partial charge on any atom is 0.224 e. The van der Waals surface area contributed by atoms with Crippen molar-refractivity contribution in [1.29, 1.82) is 5.41 Å². The van der Waals surface area contributed by atoms with Gasteiger partial charge in [0.15, 0.2) is 0 Å². The van der Waals surface area contributed by atoms with Gasteiger partial charge in [0.1, 0.15) is 0 Å². The third kappa shape index (κ3) is 5.93. The lowest BCUT2D eigenvalue weighted by Crippen LogP contribution is -2.43. The first-order valence-corrected chi connectivity index (χ1v) is 10.8. The summed E-state index contributed by atoms with van der Waals surface area (Å²) in [5.74, 6) is 0.100. The molecule has 4 rings (SSSR count). The minimum atomic E-state index is 0.100. The smallest absolute Gasteiger partial charge is 0.224 e. The summed E-state index contributed by atoms with van der Waals surface area (Å²) >= 11 is 0. The van der Waals surface area contributed by atoms with Crippen LogP contribution in [0.1, 0.15) is 11.1 Å². The molecule has 0 saturated heterocycles. The van der Waals surface area contributed by atoms with E-state index in [0.29, 0.717) is 6.54 Å². The van der Waals surface area contributed by atoms with Crippen molar-refractivity contribution < 1.29 is 0 Å². The van der Waals surface area contributed by atoms with Crippen LogP contribution in [0.4, 0.5) is 0 Å². The molecule has 0 amide bonds. The second-order valence-electron chi connectivity index (χ2n) is 7.69. The molecule has 4 aromatic rings. The summed E-state index contributed by atoms with van der Waals surface area (Å²) in [6, 6.07) is 36.9. The summed E-state index contributed by atoms with van der Waals surface area (Å²) in [7, 11) is 1.91. The molecule has 0 aliphatic heterocycles. The first-order chi connectivity index (χ1) is 16.2. The van der Waals surface area contributed by atoms with Gasteiger partial charge in [-0.1, -0.05) is 109 Å². The fraction of sp³-hybridized carbons (Fsp3) is 0.0714. The summed E-state index contributed by atoms with van der Waals surface area (Å²) in [4.78, 5) is 0. The molecule has 0 radical (unpaired) electrons. The van der Waals surface area contributed by atoms with Gasteiger partial charge in [0.2, 0.25) is 5.96 Å². The van der Waals surface area contributed by atoms with E-state index in [0.717, 1.165) is 16.7 Å². The van der Waals surface area contributed by atoms with Crippen molar-refractivity contribution in [3.05, 3.63) is 120 Å². The third-order valence-electron chi connectivity index (χ3n) is 5.24. The highest BCUT2D eigenvalue weighted by Gasteiger charge is 2.08. The molecule has 0 spiro atoms. The van der Waals surface area contributed by atoms with Crippen LogP contribution in [0.5, 0.6) is 0 Å². The van der Waals surface area contributed by atoms with Gasteiger partial charge in [-0.3, -0.25) is 10.8 Å². The number of hydrazone groups is 1. The number of hydrogen-bond acceptors (Lipinski definition) is 3. The molecule has 4 aromatic carbocycles. The molecule has 3 N–H and O–H groups in total. The quantitative estimate of drug-likeness (QED) is 0.204. The largest absolute Gasteiger partial charge is 0.288 e. The molecule has 0 fully saturated rings. The van der Waals surface area contributed by atoms with Crippen molar-refractivity contribution >= 4 is 12.2 Å². The summed E-state index contributed by atoms with van der Waals surface area (Å²) in [6.07, 6.45) is 1.74. The average Bonchev–Trinajstić information content (AvgIpc) is 2.86. The second-order valence-corrected chi connectivity index (χ2v) is 7.69. The molecule has 33 heavy (non-hydrogen) atoms. The topological polar surface area (TPSA) is 63.5 Å². The minimum absolute atomic E-state index is 0.100. The first kappa shape index (κ1) is 22.0. The zero-order valence-corrected chi connectivity index (χ0v) is 18.6. The highest BCUT2D eigenvalue weighted by molar-refractivity contribution is 5.91. The van der Waals surface area contributed by atoms with Crippen LogP contribution in [-0.4, -0.2) is 24.2 Å². The summed E-state index contributed by atoms with van der Waals surface area (Å²) in [5, 5.41) is 14.3. The Bertz CT molecular complexity index is 1220. The monoisotopic (exact) mass is 433 g/mol. The van der Waals surface area contributed by atoms with Crippen LogP contribution < -0.4 is 10.9 Å². The normalized spacial score (nSPS) is 11.0. The zero-order valence-electron chi connectivity index (χ0n) is 18.6. The van der Waals surface area contributed by atoms with Crippen LogP contribution in [0.15, 0.2) is 114 Å². The van der Waals surface area contributed by atoms with Gasteiger partial charge in [0.25, 0.3) is 0 Å². The number of nitrogens with zero attached hydrogens (tertiary/aromatic N) is 2. The van der Waals surface area contributed by atoms with Crippen LogP contribution in [0, 0.1) is 5.41 Å². The van der Waals surface area contributed by atoms with E-state index in [1.807, 2.05) is 78.8 Å².